The van der Waals surface area contributed by atoms with Crippen molar-refractivity contribution in [2.24, 2.45) is 5.73 Å². The van der Waals surface area contributed by atoms with Gasteiger partial charge in [0.1, 0.15) is 5.75 Å². The Morgan fingerprint density at radius 1 is 1.44 bits per heavy atom. The molecule has 0 saturated carbocycles. The summed E-state index contributed by atoms with van der Waals surface area (Å²) >= 11 is 0. The van der Waals surface area contributed by atoms with Gasteiger partial charge in [0.15, 0.2) is 6.10 Å². The molecule has 0 aliphatic heterocycles. The average Bonchev–Trinajstić information content (AvgIpc) is 2.25. The first-order chi connectivity index (χ1) is 8.25. The zero-order valence-electron chi connectivity index (χ0n) is 9.62. The van der Waals surface area contributed by atoms with Gasteiger partial charge in [0.2, 0.25) is 0 Å². The van der Waals surface area contributed by atoms with Crippen molar-refractivity contribution in [1.29, 1.82) is 0 Å². The highest BCUT2D eigenvalue weighted by Crippen LogP contribution is 2.34. The Kier molecular flexibility index (Phi) is 4.05. The first kappa shape index (κ1) is 14.1. The van der Waals surface area contributed by atoms with Crippen LogP contribution < -0.4 is 16.2 Å². The maximum Gasteiger partial charge on any atom is 0.416 e. The van der Waals surface area contributed by atoms with Crippen molar-refractivity contribution in [1.82, 2.24) is 0 Å². The Hall–Kier alpha value is -1.92. The van der Waals surface area contributed by atoms with E-state index in [1.165, 1.54) is 0 Å². The van der Waals surface area contributed by atoms with Gasteiger partial charge in [0.05, 0.1) is 11.3 Å². The number of anilines is 1. The minimum absolute atomic E-state index is 0.00801. The summed E-state index contributed by atoms with van der Waals surface area (Å²) in [6.45, 7) is 1.66. The zero-order valence-corrected chi connectivity index (χ0v) is 9.62. The second-order valence-corrected chi connectivity index (χ2v) is 3.67. The van der Waals surface area contributed by atoms with E-state index in [0.29, 0.717) is 6.42 Å². The molecule has 18 heavy (non-hydrogen) atoms. The number of carbonyl (C=O) groups is 1. The van der Waals surface area contributed by atoms with Crippen molar-refractivity contribution >= 4 is 11.6 Å². The molecule has 4 N–H and O–H groups in total. The number of benzene rings is 1. The van der Waals surface area contributed by atoms with Crippen LogP contribution in [0.1, 0.15) is 18.9 Å². The molecule has 0 saturated heterocycles. The molecule has 1 rings (SSSR count). The number of carbonyl (C=O) groups excluding carboxylic acids is 1. The van der Waals surface area contributed by atoms with Gasteiger partial charge in [-0.25, -0.2) is 0 Å². The predicted molar refractivity (Wildman–Crippen MR) is 59.8 cm³/mol. The number of nitrogens with two attached hydrogens (primary N) is 2. The lowest BCUT2D eigenvalue weighted by Crippen LogP contribution is -2.33. The van der Waals surface area contributed by atoms with E-state index in [1.54, 1.807) is 6.92 Å². The molecule has 0 heterocycles. The van der Waals surface area contributed by atoms with Crippen LogP contribution in [0.4, 0.5) is 18.9 Å². The SMILES string of the molecule is CCC(Oc1ccc(C(F)(F)F)cc1N)C(N)=O. The molecular weight excluding hydrogens is 249 g/mol. The summed E-state index contributed by atoms with van der Waals surface area (Å²) in [6.07, 6.45) is -5.08. The Morgan fingerprint density at radius 3 is 2.44 bits per heavy atom. The van der Waals surface area contributed by atoms with Crippen molar-refractivity contribution in [3.8, 4) is 5.75 Å². The standard InChI is InChI=1S/C11H13F3N2O2/c1-2-8(10(16)17)18-9-4-3-6(5-7(9)15)11(12,13)14/h3-5,8H,2,15H2,1H3,(H2,16,17). The van der Waals surface area contributed by atoms with E-state index < -0.39 is 23.8 Å². The van der Waals surface area contributed by atoms with Gasteiger partial charge in [-0.2, -0.15) is 13.2 Å². The lowest BCUT2D eigenvalue weighted by atomic mass is 10.1. The van der Waals surface area contributed by atoms with E-state index in [1.807, 2.05) is 0 Å². The van der Waals surface area contributed by atoms with Crippen LogP contribution >= 0.6 is 0 Å². The molecule has 1 atom stereocenters. The highest BCUT2D eigenvalue weighted by atomic mass is 19.4. The number of primary amides is 1. The number of alkyl halides is 3. The molecule has 0 aromatic heterocycles. The van der Waals surface area contributed by atoms with Crippen LogP contribution in [0.15, 0.2) is 18.2 Å². The van der Waals surface area contributed by atoms with Gasteiger partial charge in [-0.15, -0.1) is 0 Å². The van der Waals surface area contributed by atoms with Crippen LogP contribution in [0.3, 0.4) is 0 Å². The summed E-state index contributed by atoms with van der Waals surface area (Å²) < 4.78 is 42.3. The van der Waals surface area contributed by atoms with Crippen molar-refractivity contribution in [2.45, 2.75) is 25.6 Å². The highest BCUT2D eigenvalue weighted by molar-refractivity contribution is 5.79. The molecule has 0 fully saturated rings. The van der Waals surface area contributed by atoms with Crippen LogP contribution in [0.25, 0.3) is 0 Å². The summed E-state index contributed by atoms with van der Waals surface area (Å²) in [4.78, 5) is 10.9. The smallest absolute Gasteiger partial charge is 0.416 e. The topological polar surface area (TPSA) is 78.3 Å². The summed E-state index contributed by atoms with van der Waals surface area (Å²) in [5, 5.41) is 0. The minimum atomic E-state index is -4.47. The normalized spacial score (nSPS) is 13.1. The summed E-state index contributed by atoms with van der Waals surface area (Å²) in [6, 6.07) is 2.66. The molecule has 1 aromatic rings. The monoisotopic (exact) mass is 262 g/mol. The molecule has 1 unspecified atom stereocenters. The van der Waals surface area contributed by atoms with Crippen LogP contribution in [0, 0.1) is 0 Å². The third kappa shape index (κ3) is 3.28. The first-order valence-corrected chi connectivity index (χ1v) is 5.18. The fourth-order valence-corrected chi connectivity index (χ4v) is 1.33. The van der Waals surface area contributed by atoms with Crippen molar-refractivity contribution in [3.05, 3.63) is 23.8 Å². The zero-order chi connectivity index (χ0) is 13.9. The molecule has 1 aromatic carbocycles. The molecule has 0 spiro atoms. The van der Waals surface area contributed by atoms with E-state index in [4.69, 9.17) is 16.2 Å². The fraction of sp³-hybridized carbons (Fsp3) is 0.364. The summed E-state index contributed by atoms with van der Waals surface area (Å²) in [5.74, 6) is -0.689. The quantitative estimate of drug-likeness (QED) is 0.814. The summed E-state index contributed by atoms with van der Waals surface area (Å²) in [7, 11) is 0. The highest BCUT2D eigenvalue weighted by Gasteiger charge is 2.31. The van der Waals surface area contributed by atoms with Crippen molar-refractivity contribution in [2.75, 3.05) is 5.73 Å². The number of ether oxygens (including phenoxy) is 1. The molecule has 4 nitrogen and oxygen atoms in total. The van der Waals surface area contributed by atoms with Crippen LogP contribution in [0.2, 0.25) is 0 Å². The Balaban J connectivity index is 2.96. The number of nitrogen functional groups attached to an aromatic ring is 1. The number of halogens is 3. The Morgan fingerprint density at radius 2 is 2.06 bits per heavy atom. The van der Waals surface area contributed by atoms with Crippen LogP contribution in [-0.4, -0.2) is 12.0 Å². The summed E-state index contributed by atoms with van der Waals surface area (Å²) in [5.41, 5.74) is 9.44. The van der Waals surface area contributed by atoms with Gasteiger partial charge in [0.25, 0.3) is 5.91 Å². The lowest BCUT2D eigenvalue weighted by molar-refractivity contribution is -0.137. The van der Waals surface area contributed by atoms with Crippen molar-refractivity contribution < 1.29 is 22.7 Å². The third-order valence-corrected chi connectivity index (χ3v) is 2.29. The van der Waals surface area contributed by atoms with Gasteiger partial charge in [-0.1, -0.05) is 6.92 Å². The Bertz CT molecular complexity index is 446. The minimum Gasteiger partial charge on any atom is -0.478 e. The number of hydrogen-bond acceptors (Lipinski definition) is 3. The number of rotatable bonds is 4. The van der Waals surface area contributed by atoms with E-state index in [0.717, 1.165) is 18.2 Å². The molecule has 100 valence electrons. The predicted octanol–water partition coefficient (Wildman–Crippen LogP) is 1.93. The number of hydrogen-bond donors (Lipinski definition) is 2. The molecule has 0 radical (unpaired) electrons. The fourth-order valence-electron chi connectivity index (χ4n) is 1.33. The van der Waals surface area contributed by atoms with Gasteiger partial charge >= 0.3 is 6.18 Å². The second-order valence-electron chi connectivity index (χ2n) is 3.67. The van der Waals surface area contributed by atoms with E-state index in [9.17, 15) is 18.0 Å². The number of amides is 1. The van der Waals surface area contributed by atoms with Crippen LogP contribution in [-0.2, 0) is 11.0 Å². The molecule has 7 heteroatoms. The molecular formula is C11H13F3N2O2. The third-order valence-electron chi connectivity index (χ3n) is 2.29. The first-order valence-electron chi connectivity index (χ1n) is 5.18. The lowest BCUT2D eigenvalue weighted by Gasteiger charge is -2.16. The van der Waals surface area contributed by atoms with E-state index in [2.05, 4.69) is 0 Å². The second kappa shape index (κ2) is 5.16. The van der Waals surface area contributed by atoms with Crippen molar-refractivity contribution in [3.63, 3.8) is 0 Å². The van der Waals surface area contributed by atoms with Gasteiger partial charge < -0.3 is 16.2 Å². The van der Waals surface area contributed by atoms with E-state index in [-0.39, 0.29) is 11.4 Å². The van der Waals surface area contributed by atoms with Gasteiger partial charge in [0, 0.05) is 0 Å². The van der Waals surface area contributed by atoms with Crippen LogP contribution in [0.5, 0.6) is 5.75 Å². The Labute approximate surface area is 102 Å². The molecule has 0 bridgehead atoms. The largest absolute Gasteiger partial charge is 0.478 e. The average molecular weight is 262 g/mol. The van der Waals surface area contributed by atoms with Gasteiger partial charge in [-0.3, -0.25) is 4.79 Å². The van der Waals surface area contributed by atoms with E-state index >= 15 is 0 Å². The molecule has 0 aliphatic rings. The molecule has 0 aliphatic carbocycles. The molecule has 1 amide bonds. The van der Waals surface area contributed by atoms with Gasteiger partial charge in [-0.05, 0) is 24.6 Å². The maximum atomic E-state index is 12.4. The maximum absolute atomic E-state index is 12.4.